The van der Waals surface area contributed by atoms with E-state index in [9.17, 15) is 4.79 Å². The number of methoxy groups -OCH3 is 1. The maximum atomic E-state index is 12.6. The normalized spacial score (nSPS) is 10.4. The number of hydrogen-bond donors (Lipinski definition) is 1. The van der Waals surface area contributed by atoms with Gasteiger partial charge < -0.3 is 23.9 Å². The molecule has 0 unspecified atom stereocenters. The highest BCUT2D eigenvalue weighted by Gasteiger charge is 2.14. The lowest BCUT2D eigenvalue weighted by Crippen LogP contribution is -2.11. The van der Waals surface area contributed by atoms with Gasteiger partial charge in [0, 0.05) is 24.1 Å². The molecule has 0 fully saturated rings. The molecule has 1 amide bonds. The highest BCUT2D eigenvalue weighted by molar-refractivity contribution is 6.02. The van der Waals surface area contributed by atoms with E-state index in [1.807, 2.05) is 42.5 Å². The second-order valence-electron chi connectivity index (χ2n) is 6.83. The molecule has 2 aromatic carbocycles. The van der Waals surface area contributed by atoms with E-state index >= 15 is 0 Å². The van der Waals surface area contributed by atoms with Crippen LogP contribution in [0.25, 0.3) is 0 Å². The number of anilines is 1. The Kier molecular flexibility index (Phi) is 6.67. The number of carbonyl (C=O) groups is 1. The van der Waals surface area contributed by atoms with Gasteiger partial charge in [0.15, 0.2) is 17.3 Å². The monoisotopic (exact) mass is 430 g/mol. The van der Waals surface area contributed by atoms with Crippen LogP contribution in [-0.2, 0) is 13.2 Å². The number of rotatable bonds is 9. The Hall–Kier alpha value is -4.26. The standard InChI is InChI=1S/C25H22N2O5/c1-29-22-9-7-19(15-24(22)31-16-18-11-13-26-14-12-18)27-25(28)23-10-8-21(32-23)17-30-20-5-3-2-4-6-20/h2-15H,16-17H2,1H3,(H,27,28). The van der Waals surface area contributed by atoms with Crippen molar-refractivity contribution >= 4 is 11.6 Å². The molecule has 0 aliphatic rings. The largest absolute Gasteiger partial charge is 0.493 e. The lowest BCUT2D eigenvalue weighted by molar-refractivity contribution is 0.0992. The molecule has 1 N–H and O–H groups in total. The van der Waals surface area contributed by atoms with Crippen molar-refractivity contribution < 1.29 is 23.4 Å². The number of amides is 1. The smallest absolute Gasteiger partial charge is 0.291 e. The Morgan fingerprint density at radius 2 is 1.72 bits per heavy atom. The molecule has 0 radical (unpaired) electrons. The fourth-order valence-electron chi connectivity index (χ4n) is 2.95. The van der Waals surface area contributed by atoms with Crippen LogP contribution in [0.1, 0.15) is 21.9 Å². The van der Waals surface area contributed by atoms with E-state index in [1.165, 1.54) is 0 Å². The van der Waals surface area contributed by atoms with Crippen LogP contribution in [0.5, 0.6) is 17.2 Å². The van der Waals surface area contributed by atoms with Crippen molar-refractivity contribution in [2.45, 2.75) is 13.2 Å². The number of para-hydroxylation sites is 1. The first kappa shape index (κ1) is 21.0. The minimum atomic E-state index is -0.374. The minimum absolute atomic E-state index is 0.187. The zero-order valence-corrected chi connectivity index (χ0v) is 17.5. The van der Waals surface area contributed by atoms with Crippen molar-refractivity contribution in [2.24, 2.45) is 0 Å². The summed E-state index contributed by atoms with van der Waals surface area (Å²) >= 11 is 0. The number of carbonyl (C=O) groups excluding carboxylic acids is 1. The van der Waals surface area contributed by atoms with E-state index in [0.717, 1.165) is 11.3 Å². The van der Waals surface area contributed by atoms with Crippen LogP contribution in [0.15, 0.2) is 89.6 Å². The van der Waals surface area contributed by atoms with Gasteiger partial charge in [-0.3, -0.25) is 9.78 Å². The van der Waals surface area contributed by atoms with Gasteiger partial charge in [-0.1, -0.05) is 18.2 Å². The van der Waals surface area contributed by atoms with Gasteiger partial charge in [0.25, 0.3) is 5.91 Å². The van der Waals surface area contributed by atoms with Gasteiger partial charge in [-0.05, 0) is 54.1 Å². The number of ether oxygens (including phenoxy) is 3. The van der Waals surface area contributed by atoms with Gasteiger partial charge in [0.1, 0.15) is 24.7 Å². The van der Waals surface area contributed by atoms with Crippen LogP contribution in [0.4, 0.5) is 5.69 Å². The van der Waals surface area contributed by atoms with E-state index < -0.39 is 0 Å². The van der Waals surface area contributed by atoms with Crippen molar-refractivity contribution in [1.29, 1.82) is 0 Å². The van der Waals surface area contributed by atoms with Crippen molar-refractivity contribution in [3.63, 3.8) is 0 Å². The Morgan fingerprint density at radius 3 is 2.50 bits per heavy atom. The minimum Gasteiger partial charge on any atom is -0.493 e. The average molecular weight is 430 g/mol. The third-order valence-electron chi connectivity index (χ3n) is 4.57. The molecule has 0 atom stereocenters. The first-order chi connectivity index (χ1) is 15.7. The number of aromatic nitrogens is 1. The first-order valence-corrected chi connectivity index (χ1v) is 9.99. The fraction of sp³-hybridized carbons (Fsp3) is 0.120. The molecule has 162 valence electrons. The molecule has 0 aliphatic carbocycles. The molecular formula is C25H22N2O5. The summed E-state index contributed by atoms with van der Waals surface area (Å²) in [7, 11) is 1.56. The van der Waals surface area contributed by atoms with Crippen molar-refractivity contribution in [3.8, 4) is 17.2 Å². The number of furan rings is 1. The van der Waals surface area contributed by atoms with Gasteiger partial charge >= 0.3 is 0 Å². The molecule has 2 aromatic heterocycles. The Morgan fingerprint density at radius 1 is 0.906 bits per heavy atom. The highest BCUT2D eigenvalue weighted by Crippen LogP contribution is 2.31. The van der Waals surface area contributed by atoms with Gasteiger partial charge in [-0.15, -0.1) is 0 Å². The molecule has 0 spiro atoms. The first-order valence-electron chi connectivity index (χ1n) is 9.99. The molecule has 0 saturated carbocycles. The lowest BCUT2D eigenvalue weighted by atomic mass is 10.2. The Balaban J connectivity index is 1.39. The second kappa shape index (κ2) is 10.2. The predicted octanol–water partition coefficient (Wildman–Crippen LogP) is 5.09. The van der Waals surface area contributed by atoms with E-state index in [0.29, 0.717) is 29.6 Å². The molecule has 7 heteroatoms. The van der Waals surface area contributed by atoms with Crippen molar-refractivity contribution in [3.05, 3.63) is 102 Å². The summed E-state index contributed by atoms with van der Waals surface area (Å²) in [5.74, 6) is 2.17. The maximum absolute atomic E-state index is 12.6. The van der Waals surface area contributed by atoms with Gasteiger partial charge in [-0.25, -0.2) is 0 Å². The van der Waals surface area contributed by atoms with E-state index in [-0.39, 0.29) is 18.3 Å². The molecule has 7 nitrogen and oxygen atoms in total. The van der Waals surface area contributed by atoms with Gasteiger partial charge in [-0.2, -0.15) is 0 Å². The SMILES string of the molecule is COc1ccc(NC(=O)c2ccc(COc3ccccc3)o2)cc1OCc1ccncc1. The topological polar surface area (TPSA) is 82.8 Å². The summed E-state index contributed by atoms with van der Waals surface area (Å²) in [6.45, 7) is 0.575. The second-order valence-corrected chi connectivity index (χ2v) is 6.83. The summed E-state index contributed by atoms with van der Waals surface area (Å²) in [5.41, 5.74) is 1.52. The average Bonchev–Trinajstić information content (AvgIpc) is 3.32. The molecule has 4 rings (SSSR count). The molecule has 0 bridgehead atoms. The molecule has 4 aromatic rings. The predicted molar refractivity (Wildman–Crippen MR) is 119 cm³/mol. The van der Waals surface area contributed by atoms with Crippen LogP contribution >= 0.6 is 0 Å². The third-order valence-corrected chi connectivity index (χ3v) is 4.57. The molecule has 32 heavy (non-hydrogen) atoms. The van der Waals surface area contributed by atoms with Crippen LogP contribution < -0.4 is 19.5 Å². The van der Waals surface area contributed by atoms with Crippen LogP contribution in [0.3, 0.4) is 0 Å². The molecular weight excluding hydrogens is 408 g/mol. The number of nitrogens with zero attached hydrogens (tertiary/aromatic N) is 1. The summed E-state index contributed by atoms with van der Waals surface area (Å²) in [6.07, 6.45) is 3.41. The lowest BCUT2D eigenvalue weighted by Gasteiger charge is -2.13. The van der Waals surface area contributed by atoms with Crippen LogP contribution in [0, 0.1) is 0 Å². The summed E-state index contributed by atoms with van der Waals surface area (Å²) in [4.78, 5) is 16.6. The molecule has 0 saturated heterocycles. The zero-order valence-electron chi connectivity index (χ0n) is 17.5. The summed E-state index contributed by atoms with van der Waals surface area (Å²) in [6, 6.07) is 21.7. The zero-order chi connectivity index (χ0) is 22.2. The van der Waals surface area contributed by atoms with E-state index in [2.05, 4.69) is 10.3 Å². The Bertz CT molecular complexity index is 1160. The third kappa shape index (κ3) is 5.46. The van der Waals surface area contributed by atoms with E-state index in [4.69, 9.17) is 18.6 Å². The molecule has 0 aliphatic heterocycles. The van der Waals surface area contributed by atoms with E-state index in [1.54, 1.807) is 49.8 Å². The number of hydrogen-bond acceptors (Lipinski definition) is 6. The van der Waals surface area contributed by atoms with Crippen LogP contribution in [0.2, 0.25) is 0 Å². The summed E-state index contributed by atoms with van der Waals surface area (Å²) < 4.78 is 22.5. The summed E-state index contributed by atoms with van der Waals surface area (Å²) in [5, 5.41) is 2.82. The highest BCUT2D eigenvalue weighted by atomic mass is 16.5. The Labute approximate surface area is 185 Å². The number of benzene rings is 2. The molecule has 2 heterocycles. The van der Waals surface area contributed by atoms with Gasteiger partial charge in [0.2, 0.25) is 0 Å². The van der Waals surface area contributed by atoms with Crippen molar-refractivity contribution in [2.75, 3.05) is 12.4 Å². The van der Waals surface area contributed by atoms with Crippen LogP contribution in [-0.4, -0.2) is 18.0 Å². The number of nitrogens with one attached hydrogen (secondary N) is 1. The van der Waals surface area contributed by atoms with Crippen molar-refractivity contribution in [1.82, 2.24) is 4.98 Å². The fourth-order valence-corrected chi connectivity index (χ4v) is 2.95. The maximum Gasteiger partial charge on any atom is 0.291 e. The quantitative estimate of drug-likeness (QED) is 0.398. The number of pyridine rings is 1. The van der Waals surface area contributed by atoms with Gasteiger partial charge in [0.05, 0.1) is 7.11 Å².